The molecule has 4 aromatic rings. The van der Waals surface area contributed by atoms with Crippen molar-refractivity contribution in [1.82, 2.24) is 20.0 Å². The van der Waals surface area contributed by atoms with E-state index in [0.29, 0.717) is 34.2 Å². The summed E-state index contributed by atoms with van der Waals surface area (Å²) in [6.07, 6.45) is 0.356. The fraction of sp³-hybridized carbons (Fsp3) is 0.378. The first kappa shape index (κ1) is 78.4. The minimum Gasteiger partial charge on any atom is -0.508 e. The molecule has 0 aromatic heterocycles. The van der Waals surface area contributed by atoms with E-state index < -0.39 is 187 Å². The highest BCUT2D eigenvalue weighted by Crippen LogP contribution is 2.57. The van der Waals surface area contributed by atoms with Crippen LogP contribution < -0.4 is 34.0 Å². The smallest absolute Gasteiger partial charge is 0.409 e. The number of alkyl carbamates (subject to hydrolysis) is 1. The third kappa shape index (κ3) is 12.6. The van der Waals surface area contributed by atoms with Gasteiger partial charge in [0.2, 0.25) is 17.3 Å². The Morgan fingerprint density at radius 2 is 0.850 bits per heavy atom. The fourth-order valence-corrected chi connectivity index (χ4v) is 16.9. The minimum atomic E-state index is -2.63. The van der Waals surface area contributed by atoms with Crippen LogP contribution in [0.25, 0.3) is 17.3 Å². The van der Waals surface area contributed by atoms with E-state index in [1.54, 1.807) is 72.6 Å². The molecule has 33 nitrogen and oxygen atoms in total. The van der Waals surface area contributed by atoms with Crippen molar-refractivity contribution in [1.29, 1.82) is 0 Å². The molecule has 0 spiro atoms. The molecule has 107 heavy (non-hydrogen) atoms. The number of ketones is 6. The van der Waals surface area contributed by atoms with E-state index in [-0.39, 0.29) is 102 Å². The molecule has 0 radical (unpaired) electrons. The summed E-state index contributed by atoms with van der Waals surface area (Å²) in [5, 5.41) is 141. The summed E-state index contributed by atoms with van der Waals surface area (Å²) in [5.41, 5.74) is 20.4. The topological polar surface area (TPSA) is 595 Å². The Morgan fingerprint density at radius 1 is 0.477 bits per heavy atom. The number of likely N-dealkylation sites (N-methyl/N-ethyl adjacent to an activating group) is 3. The summed E-state index contributed by atoms with van der Waals surface area (Å²) < 4.78 is 4.76. The Morgan fingerprint density at radius 3 is 1.24 bits per heavy atom. The van der Waals surface area contributed by atoms with E-state index in [0.717, 1.165) is 5.56 Å². The fourth-order valence-electron chi connectivity index (χ4n) is 16.9. The highest BCUT2D eigenvalue weighted by Gasteiger charge is 2.67. The number of amides is 4. The van der Waals surface area contributed by atoms with Crippen molar-refractivity contribution < 1.29 is 119 Å². The van der Waals surface area contributed by atoms with Gasteiger partial charge in [0.05, 0.1) is 34.8 Å². The van der Waals surface area contributed by atoms with Crippen LogP contribution in [0.3, 0.4) is 0 Å². The third-order valence-corrected chi connectivity index (χ3v) is 21.7. The lowest BCUT2D eigenvalue weighted by molar-refractivity contribution is -0.155. The second kappa shape index (κ2) is 29.3. The molecule has 6 unspecified atom stereocenters. The second-order valence-corrected chi connectivity index (χ2v) is 28.2. The summed E-state index contributed by atoms with van der Waals surface area (Å²) in [6.45, 7) is -0.0485. The first-order valence-corrected chi connectivity index (χ1v) is 33.6. The van der Waals surface area contributed by atoms with E-state index >= 15 is 0 Å². The van der Waals surface area contributed by atoms with Crippen LogP contribution in [0.2, 0.25) is 0 Å². The highest BCUT2D eigenvalue weighted by molar-refractivity contribution is 6.27. The monoisotopic (exact) mass is 1480 g/mol. The van der Waals surface area contributed by atoms with Gasteiger partial charge in [-0.1, -0.05) is 60.7 Å². The first-order chi connectivity index (χ1) is 50.3. The molecule has 9 aliphatic carbocycles. The molecule has 0 bridgehead atoms. The standard InChI is InChI=1S/2C22H25N3O7.C21H22N2O7.C9H11NO3/c1-25(2)16-11-6-9-5-10-8(7-23)3-4-12(26)14(10)17(27)13(9)19(29)22(11,32)20(30)15(18(16)28)21(24)31;1-25(2)15-11-6-10-5-8-3-4-9(7-23)16(26)12(8)17(27)13(10)19(29)22(11,32)20(30)14(18(15)28)21(24)31;1-23(2)15-10-7-9-6-8-4-3-5-11(24)12(8)16(25)13(9)18(27)21(10,30)19(28)14(17(15)26)20(22)29;11-7-10-9(12)13-6-8-4-2-1-3-5-8/h3-4,9,11,16,26-27,30,32H,5-7,23H2,1-2H3,(H2,24,31);3-4,10-11,15,26-27,30,32H,5-7,23H2,1-2H3,(H2,24,31);3-5,9-10,15,24-25,28,30H,6-7H2,1-2H3,(H2,22,29);1-5,11H,6-7H2,(H,10,12)/t9?,11?,16-,22-;10?,11?,15-,22-;9?,10?,15-,21-;/m000./s1. The number of nitrogens with one attached hydrogen (secondary N) is 1. The number of benzene rings is 4. The molecule has 13 rings (SSSR count). The van der Waals surface area contributed by atoms with Gasteiger partial charge in [-0.15, -0.1) is 0 Å². The zero-order chi connectivity index (χ0) is 79.0. The van der Waals surface area contributed by atoms with Crippen molar-refractivity contribution in [2.24, 2.45) is 64.2 Å². The molecule has 0 saturated heterocycles. The normalized spacial score (nSPS) is 27.6. The molecule has 0 aliphatic heterocycles. The number of ether oxygens (including phenoxy) is 1. The number of aliphatic hydroxyl groups excluding tert-OH is 7. The van der Waals surface area contributed by atoms with Crippen molar-refractivity contribution in [2.75, 3.05) is 49.0 Å². The van der Waals surface area contributed by atoms with Crippen LogP contribution >= 0.6 is 0 Å². The maximum absolute atomic E-state index is 13.6. The second-order valence-electron chi connectivity index (χ2n) is 28.2. The molecule has 0 heterocycles. The number of Topliss-reactive ketones (excluding diaryl/α,β-unsaturated/α-hetero) is 6. The number of nitrogens with zero attached hydrogens (tertiary/aromatic N) is 3. The van der Waals surface area contributed by atoms with E-state index in [1.165, 1.54) is 26.8 Å². The Bertz CT molecular complexity index is 4650. The summed E-state index contributed by atoms with van der Waals surface area (Å²) in [6, 6.07) is 17.1. The number of carbonyl (C=O) groups is 10. The van der Waals surface area contributed by atoms with Crippen molar-refractivity contribution in [3.05, 3.63) is 174 Å². The van der Waals surface area contributed by atoms with Crippen LogP contribution in [-0.2, 0) is 86.8 Å². The lowest BCUT2D eigenvalue weighted by Crippen LogP contribution is -2.65. The summed E-state index contributed by atoms with van der Waals surface area (Å²) in [4.78, 5) is 130. The van der Waals surface area contributed by atoms with Gasteiger partial charge in [0, 0.05) is 53.1 Å². The van der Waals surface area contributed by atoms with E-state index in [9.17, 15) is 109 Å². The van der Waals surface area contributed by atoms with E-state index in [1.807, 2.05) is 30.3 Å². The van der Waals surface area contributed by atoms with Gasteiger partial charge in [-0.3, -0.25) is 63.2 Å². The predicted molar refractivity (Wildman–Crippen MR) is 375 cm³/mol. The minimum absolute atomic E-state index is 0.00321. The Hall–Kier alpha value is -11.1. The molecule has 568 valence electrons. The SMILES string of the molecule is CN(C)[C@@H]1C(=O)C(C(N)=O)=C(O)[C@@]2(O)C(=O)C3=C(O)c4c(O)ccc(CN)c4CC3CC12.CN(C)[C@@H]1C(=O)C(C(N)=O)=C(O)[C@@]2(O)C(=O)C3=C(O)c4c(O)cccc4CC3CC12.CN(C)[C@@H]1C(=O)C(C(N)=O)=C(O)[C@@]2(O)C(=O)C3=C(O)c4c(ccc(CN)c4O)CC3CC12.O=C(NCO)OCc1ccccc1. The van der Waals surface area contributed by atoms with E-state index in [2.05, 4.69) is 5.32 Å². The number of carbonyl (C=O) groups excluding carboxylic acids is 10. The molecule has 4 aromatic carbocycles. The number of primary amides is 3. The number of aromatic hydroxyl groups is 3. The molecule has 9 aliphatic rings. The highest BCUT2D eigenvalue weighted by atomic mass is 16.6. The third-order valence-electron chi connectivity index (χ3n) is 21.7. The number of nitrogens with two attached hydrogens (primary N) is 5. The van der Waals surface area contributed by atoms with E-state index in [4.69, 9.17) is 38.5 Å². The van der Waals surface area contributed by atoms with Gasteiger partial charge in [-0.25, -0.2) is 4.79 Å². The number of hydrogen-bond acceptors (Lipinski definition) is 29. The van der Waals surface area contributed by atoms with Crippen LogP contribution in [0.4, 0.5) is 4.79 Å². The summed E-state index contributed by atoms with van der Waals surface area (Å²) >= 11 is 0. The summed E-state index contributed by atoms with van der Waals surface area (Å²) in [7, 11) is 9.34. The average Bonchev–Trinajstić information content (AvgIpc) is 0.712. The van der Waals surface area contributed by atoms with Crippen LogP contribution in [0, 0.1) is 35.5 Å². The number of rotatable bonds is 11. The van der Waals surface area contributed by atoms with Crippen molar-refractivity contribution in [3.8, 4) is 17.2 Å². The number of aliphatic hydroxyl groups is 10. The zero-order valence-corrected chi connectivity index (χ0v) is 58.7. The van der Waals surface area contributed by atoms with Crippen LogP contribution in [0.5, 0.6) is 17.2 Å². The Labute approximate surface area is 609 Å². The van der Waals surface area contributed by atoms with Gasteiger partial charge in [0.25, 0.3) is 17.7 Å². The molecule has 24 N–H and O–H groups in total. The molecule has 3 saturated carbocycles. The molecule has 4 amide bonds. The Balaban J connectivity index is 0.000000158. The lowest BCUT2D eigenvalue weighted by Gasteiger charge is -2.50. The van der Waals surface area contributed by atoms with Gasteiger partial charge in [0.1, 0.15) is 81.9 Å². The van der Waals surface area contributed by atoms with Gasteiger partial charge in [-0.05, 0) is 139 Å². The molecule has 33 heteroatoms. The number of fused-ring (bicyclic) bond motifs is 9. The quantitative estimate of drug-likeness (QED) is 0.0675. The average molecular weight is 1480 g/mol. The number of phenols is 3. The lowest BCUT2D eigenvalue weighted by atomic mass is 9.57. The zero-order valence-electron chi connectivity index (χ0n) is 58.7. The van der Waals surface area contributed by atoms with Gasteiger partial charge in [0.15, 0.2) is 34.2 Å². The van der Waals surface area contributed by atoms with Crippen molar-refractivity contribution in [2.45, 2.75) is 93.1 Å². The maximum Gasteiger partial charge on any atom is 0.409 e. The van der Waals surface area contributed by atoms with Gasteiger partial charge in [-0.2, -0.15) is 0 Å². The first-order valence-electron chi connectivity index (χ1n) is 33.6. The number of phenolic OH excluding ortho intramolecular Hbond substituents is 3. The van der Waals surface area contributed by atoms with Crippen LogP contribution in [0.15, 0.2) is 124 Å². The predicted octanol–water partition coefficient (Wildman–Crippen LogP) is -0.328. The Kier molecular flexibility index (Phi) is 21.5. The maximum atomic E-state index is 13.6. The number of hydrogen-bond donors (Lipinski definition) is 19. The molecular formula is C74H83N9O24. The largest absolute Gasteiger partial charge is 0.508 e. The molecule has 3 fully saturated rings. The van der Waals surface area contributed by atoms with Crippen LogP contribution in [-0.4, -0.2) is 224 Å². The van der Waals surface area contributed by atoms with Gasteiger partial charge >= 0.3 is 6.09 Å². The summed E-state index contributed by atoms with van der Waals surface area (Å²) in [5.74, 6) is -19.7. The van der Waals surface area contributed by atoms with Crippen molar-refractivity contribution in [3.63, 3.8) is 0 Å². The molecular weight excluding hydrogens is 1400 g/mol. The van der Waals surface area contributed by atoms with Gasteiger partial charge < -0.3 is 99.8 Å². The van der Waals surface area contributed by atoms with Crippen LogP contribution in [0.1, 0.15) is 69.3 Å². The molecule has 12 atom stereocenters. The van der Waals surface area contributed by atoms with Crippen molar-refractivity contribution >= 4 is 75.8 Å².